The lowest BCUT2D eigenvalue weighted by atomic mass is 10.1. The van der Waals surface area contributed by atoms with E-state index in [1.807, 2.05) is 6.92 Å². The second-order valence-electron chi connectivity index (χ2n) is 3.20. The SMILES string of the molecule is Cc1cc(C(=O)O)c2oc(C)nc2c1. The summed E-state index contributed by atoms with van der Waals surface area (Å²) in [6.45, 7) is 3.52. The van der Waals surface area contributed by atoms with Gasteiger partial charge in [-0.3, -0.25) is 0 Å². The third-order valence-electron chi connectivity index (χ3n) is 1.97. The maximum atomic E-state index is 10.9. The number of oxazole rings is 1. The van der Waals surface area contributed by atoms with Crippen LogP contribution in [0.5, 0.6) is 0 Å². The van der Waals surface area contributed by atoms with E-state index in [0.717, 1.165) is 5.56 Å². The summed E-state index contributed by atoms with van der Waals surface area (Å²) in [5, 5.41) is 8.93. The first kappa shape index (κ1) is 8.74. The Labute approximate surface area is 80.2 Å². The van der Waals surface area contributed by atoms with Gasteiger partial charge in [-0.15, -0.1) is 0 Å². The highest BCUT2D eigenvalue weighted by Crippen LogP contribution is 2.21. The van der Waals surface area contributed by atoms with Crippen LogP contribution < -0.4 is 0 Å². The second-order valence-corrected chi connectivity index (χ2v) is 3.20. The van der Waals surface area contributed by atoms with Crippen LogP contribution in [0.4, 0.5) is 0 Å². The third-order valence-corrected chi connectivity index (χ3v) is 1.97. The van der Waals surface area contributed by atoms with E-state index in [9.17, 15) is 4.79 Å². The number of aromatic carboxylic acids is 1. The standard InChI is InChI=1S/C10H9NO3/c1-5-3-7(10(12)13)9-8(4-5)11-6(2)14-9/h3-4H,1-2H3,(H,12,13). The molecule has 0 fully saturated rings. The van der Waals surface area contributed by atoms with Crippen molar-refractivity contribution in [1.82, 2.24) is 4.98 Å². The summed E-state index contributed by atoms with van der Waals surface area (Å²) < 4.78 is 5.22. The van der Waals surface area contributed by atoms with Crippen molar-refractivity contribution in [2.24, 2.45) is 0 Å². The number of nitrogens with zero attached hydrogens (tertiary/aromatic N) is 1. The van der Waals surface area contributed by atoms with Gasteiger partial charge >= 0.3 is 5.97 Å². The predicted octanol–water partition coefficient (Wildman–Crippen LogP) is 2.14. The summed E-state index contributed by atoms with van der Waals surface area (Å²) >= 11 is 0. The van der Waals surface area contributed by atoms with Crippen molar-refractivity contribution in [1.29, 1.82) is 0 Å². The summed E-state index contributed by atoms with van der Waals surface area (Å²) in [5.41, 5.74) is 1.98. The minimum atomic E-state index is -0.991. The van der Waals surface area contributed by atoms with E-state index in [-0.39, 0.29) is 5.56 Å². The lowest BCUT2D eigenvalue weighted by Crippen LogP contribution is -1.97. The van der Waals surface area contributed by atoms with Crippen molar-refractivity contribution in [3.63, 3.8) is 0 Å². The molecular weight excluding hydrogens is 182 g/mol. The summed E-state index contributed by atoms with van der Waals surface area (Å²) in [6.07, 6.45) is 0. The first-order chi connectivity index (χ1) is 6.58. The maximum absolute atomic E-state index is 10.9. The first-order valence-electron chi connectivity index (χ1n) is 4.19. The van der Waals surface area contributed by atoms with Crippen LogP contribution in [0.1, 0.15) is 21.8 Å². The number of carboxylic acid groups (broad SMARTS) is 1. The molecule has 14 heavy (non-hydrogen) atoms. The zero-order valence-electron chi connectivity index (χ0n) is 7.87. The molecule has 0 unspecified atom stereocenters. The molecule has 1 N–H and O–H groups in total. The molecule has 2 rings (SSSR count). The van der Waals surface area contributed by atoms with E-state index in [4.69, 9.17) is 9.52 Å². The molecule has 1 aromatic carbocycles. The molecule has 0 aliphatic carbocycles. The van der Waals surface area contributed by atoms with Crippen LogP contribution in [0.25, 0.3) is 11.1 Å². The molecule has 0 bridgehead atoms. The van der Waals surface area contributed by atoms with Gasteiger partial charge < -0.3 is 9.52 Å². The van der Waals surface area contributed by atoms with Crippen LogP contribution in [0, 0.1) is 13.8 Å². The van der Waals surface area contributed by atoms with Gasteiger partial charge in [-0.05, 0) is 24.6 Å². The zero-order valence-corrected chi connectivity index (χ0v) is 7.87. The number of carbonyl (C=O) groups is 1. The van der Waals surface area contributed by atoms with Crippen molar-refractivity contribution in [2.75, 3.05) is 0 Å². The number of benzene rings is 1. The lowest BCUT2D eigenvalue weighted by Gasteiger charge is -1.96. The van der Waals surface area contributed by atoms with E-state index < -0.39 is 5.97 Å². The fourth-order valence-corrected chi connectivity index (χ4v) is 1.44. The minimum absolute atomic E-state index is 0.167. The van der Waals surface area contributed by atoms with Gasteiger partial charge in [0.2, 0.25) is 0 Å². The largest absolute Gasteiger partial charge is 0.478 e. The number of aromatic nitrogens is 1. The highest BCUT2D eigenvalue weighted by Gasteiger charge is 2.14. The highest BCUT2D eigenvalue weighted by atomic mass is 16.4. The van der Waals surface area contributed by atoms with Crippen LogP contribution in [0.3, 0.4) is 0 Å². The van der Waals surface area contributed by atoms with Crippen molar-refractivity contribution in [2.45, 2.75) is 13.8 Å². The Morgan fingerprint density at radius 2 is 2.14 bits per heavy atom. The highest BCUT2D eigenvalue weighted by molar-refractivity contribution is 6.00. The van der Waals surface area contributed by atoms with Crippen molar-refractivity contribution < 1.29 is 14.3 Å². The van der Waals surface area contributed by atoms with Crippen LogP contribution in [0.2, 0.25) is 0 Å². The predicted molar refractivity (Wildman–Crippen MR) is 50.4 cm³/mol. The van der Waals surface area contributed by atoms with Gasteiger partial charge in [0, 0.05) is 6.92 Å². The fourth-order valence-electron chi connectivity index (χ4n) is 1.44. The quantitative estimate of drug-likeness (QED) is 0.750. The Bertz CT molecular complexity index is 513. The molecule has 0 radical (unpaired) electrons. The van der Waals surface area contributed by atoms with Crippen molar-refractivity contribution in [3.05, 3.63) is 29.2 Å². The summed E-state index contributed by atoms with van der Waals surface area (Å²) in [7, 11) is 0. The fraction of sp³-hybridized carbons (Fsp3) is 0.200. The molecule has 0 spiro atoms. The monoisotopic (exact) mass is 191 g/mol. The molecule has 4 nitrogen and oxygen atoms in total. The van der Waals surface area contributed by atoms with Crippen molar-refractivity contribution in [3.8, 4) is 0 Å². The molecular formula is C10H9NO3. The molecule has 0 atom stereocenters. The third kappa shape index (κ3) is 1.25. The molecule has 1 aromatic heterocycles. The number of aryl methyl sites for hydroxylation is 2. The van der Waals surface area contributed by atoms with E-state index in [0.29, 0.717) is 17.0 Å². The zero-order chi connectivity index (χ0) is 10.3. The lowest BCUT2D eigenvalue weighted by molar-refractivity contribution is 0.0697. The Kier molecular flexibility index (Phi) is 1.77. The topological polar surface area (TPSA) is 63.3 Å². The smallest absolute Gasteiger partial charge is 0.339 e. The van der Waals surface area contributed by atoms with Gasteiger partial charge in [-0.1, -0.05) is 0 Å². The average Bonchev–Trinajstić information content (AvgIpc) is 2.42. The number of fused-ring (bicyclic) bond motifs is 1. The molecule has 1 heterocycles. The van der Waals surface area contributed by atoms with Crippen molar-refractivity contribution >= 4 is 17.1 Å². The molecule has 0 saturated heterocycles. The van der Waals surface area contributed by atoms with E-state index >= 15 is 0 Å². The summed E-state index contributed by atoms with van der Waals surface area (Å²) in [5.74, 6) is -0.511. The Morgan fingerprint density at radius 1 is 1.43 bits per heavy atom. The maximum Gasteiger partial charge on any atom is 0.339 e. The molecule has 72 valence electrons. The summed E-state index contributed by atoms with van der Waals surface area (Å²) in [4.78, 5) is 15.0. The minimum Gasteiger partial charge on any atom is -0.478 e. The van der Waals surface area contributed by atoms with Gasteiger partial charge in [0.05, 0.1) is 0 Å². The number of hydrogen-bond acceptors (Lipinski definition) is 3. The molecule has 0 amide bonds. The Morgan fingerprint density at radius 3 is 2.79 bits per heavy atom. The van der Waals surface area contributed by atoms with Crippen LogP contribution in [-0.2, 0) is 0 Å². The van der Waals surface area contributed by atoms with Gasteiger partial charge in [0.15, 0.2) is 11.5 Å². The number of rotatable bonds is 1. The Hall–Kier alpha value is -1.84. The second kappa shape index (κ2) is 2.83. The molecule has 0 aliphatic heterocycles. The van der Waals surface area contributed by atoms with Gasteiger partial charge in [-0.2, -0.15) is 0 Å². The number of carboxylic acids is 1. The molecule has 0 aliphatic rings. The van der Waals surface area contributed by atoms with E-state index in [1.165, 1.54) is 0 Å². The Balaban J connectivity index is 2.85. The molecule has 0 saturated carbocycles. The number of hydrogen-bond donors (Lipinski definition) is 1. The van der Waals surface area contributed by atoms with Crippen LogP contribution in [-0.4, -0.2) is 16.1 Å². The average molecular weight is 191 g/mol. The van der Waals surface area contributed by atoms with Gasteiger partial charge in [-0.25, -0.2) is 9.78 Å². The normalized spacial score (nSPS) is 10.7. The van der Waals surface area contributed by atoms with Gasteiger partial charge in [0.1, 0.15) is 11.1 Å². The van der Waals surface area contributed by atoms with Gasteiger partial charge in [0.25, 0.3) is 0 Å². The molecule has 4 heteroatoms. The van der Waals surface area contributed by atoms with Crippen LogP contribution in [0.15, 0.2) is 16.5 Å². The van der Waals surface area contributed by atoms with E-state index in [1.54, 1.807) is 19.1 Å². The first-order valence-corrected chi connectivity index (χ1v) is 4.19. The summed E-state index contributed by atoms with van der Waals surface area (Å²) in [6, 6.07) is 3.38. The van der Waals surface area contributed by atoms with Crippen LogP contribution >= 0.6 is 0 Å². The van der Waals surface area contributed by atoms with E-state index in [2.05, 4.69) is 4.98 Å². The molecule has 2 aromatic rings.